The molecular weight excluding hydrogens is 328 g/mol. The molecule has 0 aromatic heterocycles. The van der Waals surface area contributed by atoms with Crippen LogP contribution in [0.5, 0.6) is 0 Å². The van der Waals surface area contributed by atoms with Crippen molar-refractivity contribution in [1.82, 2.24) is 10.6 Å². The zero-order chi connectivity index (χ0) is 17.2. The van der Waals surface area contributed by atoms with E-state index in [0.29, 0.717) is 5.69 Å². The van der Waals surface area contributed by atoms with Gasteiger partial charge >= 0.3 is 6.03 Å². The predicted molar refractivity (Wildman–Crippen MR) is 79.7 cm³/mol. The minimum atomic E-state index is -3.41. The van der Waals surface area contributed by atoms with Crippen LogP contribution >= 0.6 is 0 Å². The first-order chi connectivity index (χ1) is 10.7. The van der Waals surface area contributed by atoms with Crippen molar-refractivity contribution in [2.24, 2.45) is 5.92 Å². The number of hydrogen-bond donors (Lipinski definition) is 5. The number of hydrogen-bond acceptors (Lipinski definition) is 6. The van der Waals surface area contributed by atoms with Crippen molar-refractivity contribution in [3.63, 3.8) is 0 Å². The first kappa shape index (κ1) is 16.7. The van der Waals surface area contributed by atoms with Gasteiger partial charge in [0.25, 0.3) is 0 Å². The quantitative estimate of drug-likeness (QED) is 0.432. The molecule has 1 aliphatic heterocycles. The summed E-state index contributed by atoms with van der Waals surface area (Å²) in [5.41, 5.74) is 0.583. The summed E-state index contributed by atoms with van der Waals surface area (Å²) in [6, 6.07) is 4.77. The normalized spacial score (nSPS) is 21.1. The Hall–Kier alpha value is -2.66. The monoisotopic (exact) mass is 342 g/mol. The van der Waals surface area contributed by atoms with Crippen LogP contribution in [0.2, 0.25) is 0 Å². The summed E-state index contributed by atoms with van der Waals surface area (Å²) in [6.07, 6.45) is -0.637. The number of benzene rings is 1. The molecule has 124 valence electrons. The SMILES string of the molecule is CS(=O)(=O)Nc1ccc(NC(=O)C2C(=O)NC(=O)NC2O)cc1. The number of rotatable bonds is 4. The van der Waals surface area contributed by atoms with Crippen molar-refractivity contribution in [2.45, 2.75) is 6.23 Å². The summed E-state index contributed by atoms with van der Waals surface area (Å²) in [5, 5.41) is 15.9. The Morgan fingerprint density at radius 1 is 1.17 bits per heavy atom. The van der Waals surface area contributed by atoms with Crippen LogP contribution in [0, 0.1) is 5.92 Å². The van der Waals surface area contributed by atoms with Crippen LogP contribution in [0.1, 0.15) is 0 Å². The second kappa shape index (κ2) is 6.22. The molecule has 11 heteroatoms. The van der Waals surface area contributed by atoms with E-state index in [9.17, 15) is 27.9 Å². The third-order valence-electron chi connectivity index (χ3n) is 2.85. The molecule has 4 amide bonds. The molecule has 1 heterocycles. The maximum absolute atomic E-state index is 12.0. The van der Waals surface area contributed by atoms with Crippen LogP contribution in [0.15, 0.2) is 24.3 Å². The minimum Gasteiger partial charge on any atom is -0.372 e. The highest BCUT2D eigenvalue weighted by molar-refractivity contribution is 7.92. The Balaban J connectivity index is 2.05. The van der Waals surface area contributed by atoms with Crippen molar-refractivity contribution in [3.8, 4) is 0 Å². The third kappa shape index (κ3) is 4.40. The van der Waals surface area contributed by atoms with Gasteiger partial charge in [0.1, 0.15) is 6.23 Å². The molecule has 0 radical (unpaired) electrons. The van der Waals surface area contributed by atoms with Crippen molar-refractivity contribution in [1.29, 1.82) is 0 Å². The fourth-order valence-electron chi connectivity index (χ4n) is 1.90. The number of carbonyl (C=O) groups is 3. The van der Waals surface area contributed by atoms with E-state index in [1.807, 2.05) is 10.6 Å². The first-order valence-corrected chi connectivity index (χ1v) is 8.23. The predicted octanol–water partition coefficient (Wildman–Crippen LogP) is -1.23. The smallest absolute Gasteiger partial charge is 0.323 e. The van der Waals surface area contributed by atoms with E-state index in [4.69, 9.17) is 0 Å². The Morgan fingerprint density at radius 2 is 1.74 bits per heavy atom. The lowest BCUT2D eigenvalue weighted by molar-refractivity contribution is -0.138. The summed E-state index contributed by atoms with van der Waals surface area (Å²) < 4.78 is 24.4. The molecule has 10 nitrogen and oxygen atoms in total. The number of carbonyl (C=O) groups excluding carboxylic acids is 3. The number of anilines is 2. The van der Waals surface area contributed by atoms with Crippen molar-refractivity contribution < 1.29 is 27.9 Å². The van der Waals surface area contributed by atoms with Gasteiger partial charge in [0.05, 0.1) is 6.26 Å². The minimum absolute atomic E-state index is 0.283. The van der Waals surface area contributed by atoms with Crippen molar-refractivity contribution in [2.75, 3.05) is 16.3 Å². The number of aliphatic hydroxyl groups is 1. The molecule has 2 atom stereocenters. The van der Waals surface area contributed by atoms with Gasteiger partial charge in [-0.2, -0.15) is 0 Å². The molecule has 2 rings (SSSR count). The summed E-state index contributed by atoms with van der Waals surface area (Å²) in [6.45, 7) is 0. The molecule has 0 aliphatic carbocycles. The molecule has 0 bridgehead atoms. The topological polar surface area (TPSA) is 154 Å². The summed E-state index contributed by atoms with van der Waals surface area (Å²) in [4.78, 5) is 34.6. The van der Waals surface area contributed by atoms with Crippen LogP contribution in [0.4, 0.5) is 16.2 Å². The zero-order valence-corrected chi connectivity index (χ0v) is 12.7. The number of urea groups is 1. The van der Waals surface area contributed by atoms with E-state index in [2.05, 4.69) is 10.0 Å². The lowest BCUT2D eigenvalue weighted by Gasteiger charge is -2.26. The molecule has 0 saturated carbocycles. The number of sulfonamides is 1. The van der Waals surface area contributed by atoms with Gasteiger partial charge < -0.3 is 15.7 Å². The Bertz CT molecular complexity index is 745. The van der Waals surface area contributed by atoms with E-state index in [-0.39, 0.29) is 5.69 Å². The number of aliphatic hydroxyl groups excluding tert-OH is 1. The van der Waals surface area contributed by atoms with Gasteiger partial charge in [0, 0.05) is 11.4 Å². The zero-order valence-electron chi connectivity index (χ0n) is 11.9. The standard InChI is InChI=1S/C12H14N4O6S/c1-23(21,22)16-7-4-2-6(3-5-7)13-9(17)8-10(18)14-12(20)15-11(8)19/h2-5,8,10,16,18H,1H3,(H,13,17)(H2,14,15,19,20). The molecule has 1 fully saturated rings. The second-order valence-electron chi connectivity index (χ2n) is 4.83. The molecule has 5 N–H and O–H groups in total. The summed E-state index contributed by atoms with van der Waals surface area (Å²) in [7, 11) is -3.41. The highest BCUT2D eigenvalue weighted by atomic mass is 32.2. The van der Waals surface area contributed by atoms with Crippen LogP contribution in [-0.4, -0.2) is 43.9 Å². The van der Waals surface area contributed by atoms with Crippen LogP contribution < -0.4 is 20.7 Å². The van der Waals surface area contributed by atoms with Gasteiger partial charge in [-0.25, -0.2) is 13.2 Å². The van der Waals surface area contributed by atoms with Gasteiger partial charge in [0.2, 0.25) is 21.8 Å². The van der Waals surface area contributed by atoms with E-state index in [1.54, 1.807) is 0 Å². The maximum Gasteiger partial charge on any atom is 0.323 e. The van der Waals surface area contributed by atoms with Gasteiger partial charge in [-0.15, -0.1) is 0 Å². The molecule has 23 heavy (non-hydrogen) atoms. The lowest BCUT2D eigenvalue weighted by atomic mass is 10.0. The number of nitrogens with one attached hydrogen (secondary N) is 4. The number of amides is 4. The fraction of sp³-hybridized carbons (Fsp3) is 0.250. The van der Waals surface area contributed by atoms with Crippen molar-refractivity contribution >= 4 is 39.2 Å². The average Bonchev–Trinajstić information content (AvgIpc) is 2.38. The van der Waals surface area contributed by atoms with E-state index in [1.165, 1.54) is 24.3 Å². The highest BCUT2D eigenvalue weighted by Gasteiger charge is 2.39. The molecule has 2 unspecified atom stereocenters. The van der Waals surface area contributed by atoms with E-state index < -0.39 is 40.0 Å². The average molecular weight is 342 g/mol. The van der Waals surface area contributed by atoms with Gasteiger partial charge in [-0.05, 0) is 24.3 Å². The van der Waals surface area contributed by atoms with E-state index in [0.717, 1.165) is 6.26 Å². The van der Waals surface area contributed by atoms with Crippen LogP contribution in [0.3, 0.4) is 0 Å². The fourth-order valence-corrected chi connectivity index (χ4v) is 2.47. The second-order valence-corrected chi connectivity index (χ2v) is 6.57. The lowest BCUT2D eigenvalue weighted by Crippen LogP contribution is -2.61. The van der Waals surface area contributed by atoms with Crippen molar-refractivity contribution in [3.05, 3.63) is 24.3 Å². The summed E-state index contributed by atoms with van der Waals surface area (Å²) >= 11 is 0. The molecule has 1 saturated heterocycles. The Labute approximate surface area is 131 Å². The van der Waals surface area contributed by atoms with E-state index >= 15 is 0 Å². The van der Waals surface area contributed by atoms with Gasteiger partial charge in [-0.3, -0.25) is 19.6 Å². The van der Waals surface area contributed by atoms with Crippen LogP contribution in [-0.2, 0) is 19.6 Å². The largest absolute Gasteiger partial charge is 0.372 e. The highest BCUT2D eigenvalue weighted by Crippen LogP contribution is 2.16. The molecule has 1 aliphatic rings. The molecule has 1 aromatic carbocycles. The first-order valence-electron chi connectivity index (χ1n) is 6.34. The Kier molecular flexibility index (Phi) is 4.52. The van der Waals surface area contributed by atoms with Gasteiger partial charge in [0.15, 0.2) is 5.92 Å². The molecule has 1 aromatic rings. The Morgan fingerprint density at radius 3 is 2.26 bits per heavy atom. The van der Waals surface area contributed by atoms with Crippen LogP contribution in [0.25, 0.3) is 0 Å². The molecule has 0 spiro atoms. The third-order valence-corrected chi connectivity index (χ3v) is 3.46. The van der Waals surface area contributed by atoms with Gasteiger partial charge in [-0.1, -0.05) is 0 Å². The molecular formula is C12H14N4O6S. The maximum atomic E-state index is 12.0. The number of imide groups is 1. The summed E-state index contributed by atoms with van der Waals surface area (Å²) in [5.74, 6) is -3.24.